The fraction of sp³-hybridized carbons (Fsp3) is 0.111. The average molecular weight is 454 g/mol. The average Bonchev–Trinajstić information content (AvgIpc) is 2.86. The molecule has 0 saturated heterocycles. The number of hydrogen-bond acceptors (Lipinski definition) is 6. The van der Waals surface area contributed by atoms with E-state index in [0.717, 1.165) is 5.56 Å². The molecule has 0 radical (unpaired) electrons. The van der Waals surface area contributed by atoms with E-state index in [9.17, 15) is 14.4 Å². The molecule has 34 heavy (non-hydrogen) atoms. The number of methoxy groups -OCH3 is 1. The Morgan fingerprint density at radius 1 is 0.912 bits per heavy atom. The number of carbonyl (C=O) groups excluding carboxylic acids is 3. The van der Waals surface area contributed by atoms with E-state index in [1.807, 2.05) is 42.5 Å². The molecule has 0 atom stereocenters. The highest BCUT2D eigenvalue weighted by Crippen LogP contribution is 2.27. The number of nitrogens with zero attached hydrogens (tertiary/aromatic N) is 1. The maximum atomic E-state index is 13.0. The van der Waals surface area contributed by atoms with Gasteiger partial charge in [-0.15, -0.1) is 0 Å². The smallest absolute Gasteiger partial charge is 0.339 e. The number of ketones is 1. The molecule has 4 rings (SSSR count). The van der Waals surface area contributed by atoms with Crippen LogP contribution in [0.5, 0.6) is 5.75 Å². The Bertz CT molecular complexity index is 1360. The Balaban J connectivity index is 1.55. The molecule has 0 saturated carbocycles. The number of para-hydroxylation sites is 1. The molecule has 7 heteroatoms. The third-order valence-electron chi connectivity index (χ3n) is 5.18. The summed E-state index contributed by atoms with van der Waals surface area (Å²) in [5.74, 6) is -0.451. The molecule has 4 aromatic rings. The van der Waals surface area contributed by atoms with Crippen LogP contribution < -0.4 is 10.1 Å². The number of amides is 1. The van der Waals surface area contributed by atoms with Crippen LogP contribution in [-0.4, -0.2) is 36.4 Å². The van der Waals surface area contributed by atoms with Crippen LogP contribution >= 0.6 is 0 Å². The Hall–Kier alpha value is -4.52. The Labute approximate surface area is 196 Å². The van der Waals surface area contributed by atoms with Crippen LogP contribution in [0.25, 0.3) is 22.2 Å². The summed E-state index contributed by atoms with van der Waals surface area (Å²) >= 11 is 0. The Morgan fingerprint density at radius 3 is 2.29 bits per heavy atom. The lowest BCUT2D eigenvalue weighted by Crippen LogP contribution is -2.15. The predicted molar refractivity (Wildman–Crippen MR) is 129 cm³/mol. The number of carbonyl (C=O) groups is 3. The molecule has 7 nitrogen and oxygen atoms in total. The number of rotatable bonds is 7. The van der Waals surface area contributed by atoms with E-state index in [0.29, 0.717) is 39.2 Å². The van der Waals surface area contributed by atoms with Crippen LogP contribution in [0.4, 0.5) is 5.69 Å². The number of aromatic nitrogens is 1. The number of benzene rings is 3. The van der Waals surface area contributed by atoms with Crippen molar-refractivity contribution in [3.05, 3.63) is 90.0 Å². The van der Waals surface area contributed by atoms with Crippen LogP contribution in [0.2, 0.25) is 0 Å². The van der Waals surface area contributed by atoms with Gasteiger partial charge in [0, 0.05) is 29.1 Å². The van der Waals surface area contributed by atoms with E-state index in [-0.39, 0.29) is 11.7 Å². The lowest BCUT2D eigenvalue weighted by molar-refractivity contribution is -0.114. The highest BCUT2D eigenvalue weighted by Gasteiger charge is 2.17. The van der Waals surface area contributed by atoms with Crippen molar-refractivity contribution in [3.8, 4) is 17.0 Å². The molecule has 1 aromatic heterocycles. The van der Waals surface area contributed by atoms with Gasteiger partial charge in [-0.05, 0) is 60.7 Å². The van der Waals surface area contributed by atoms with Crippen molar-refractivity contribution in [1.29, 1.82) is 0 Å². The molecular weight excluding hydrogens is 432 g/mol. The first-order valence-electron chi connectivity index (χ1n) is 10.6. The van der Waals surface area contributed by atoms with Crippen molar-refractivity contribution < 1.29 is 23.9 Å². The van der Waals surface area contributed by atoms with Gasteiger partial charge in [0.15, 0.2) is 12.4 Å². The van der Waals surface area contributed by atoms with Crippen molar-refractivity contribution in [1.82, 2.24) is 4.98 Å². The molecule has 1 amide bonds. The first-order chi connectivity index (χ1) is 16.4. The van der Waals surface area contributed by atoms with Gasteiger partial charge < -0.3 is 14.8 Å². The van der Waals surface area contributed by atoms with Gasteiger partial charge in [-0.1, -0.05) is 18.2 Å². The van der Waals surface area contributed by atoms with E-state index in [4.69, 9.17) is 9.47 Å². The summed E-state index contributed by atoms with van der Waals surface area (Å²) in [6, 6.07) is 22.7. The Kier molecular flexibility index (Phi) is 6.64. The molecule has 3 aromatic carbocycles. The molecule has 0 spiro atoms. The molecule has 0 aliphatic carbocycles. The molecule has 0 aliphatic heterocycles. The summed E-state index contributed by atoms with van der Waals surface area (Å²) in [6.07, 6.45) is 0. The van der Waals surface area contributed by atoms with E-state index >= 15 is 0 Å². The number of nitrogens with one attached hydrogen (secondary N) is 1. The van der Waals surface area contributed by atoms with Crippen LogP contribution in [0.15, 0.2) is 78.9 Å². The van der Waals surface area contributed by atoms with Crippen molar-refractivity contribution in [2.75, 3.05) is 19.0 Å². The fourth-order valence-corrected chi connectivity index (χ4v) is 3.49. The maximum Gasteiger partial charge on any atom is 0.339 e. The zero-order valence-corrected chi connectivity index (χ0v) is 18.7. The van der Waals surface area contributed by atoms with Crippen molar-refractivity contribution >= 4 is 34.3 Å². The van der Waals surface area contributed by atoms with Gasteiger partial charge in [-0.2, -0.15) is 0 Å². The van der Waals surface area contributed by atoms with Crippen LogP contribution in [-0.2, 0) is 9.53 Å². The summed E-state index contributed by atoms with van der Waals surface area (Å²) in [5.41, 5.74) is 3.34. The third kappa shape index (κ3) is 5.10. The number of pyridine rings is 1. The summed E-state index contributed by atoms with van der Waals surface area (Å²) < 4.78 is 10.6. The minimum atomic E-state index is -0.614. The van der Waals surface area contributed by atoms with Gasteiger partial charge in [0.1, 0.15) is 5.75 Å². The Morgan fingerprint density at radius 2 is 1.62 bits per heavy atom. The molecule has 0 fully saturated rings. The SMILES string of the molecule is COc1ccc(-c2cc(C(=O)OCC(=O)c3ccc(NC(C)=O)cc3)c3ccccc3n2)cc1. The lowest BCUT2D eigenvalue weighted by Gasteiger charge is -2.10. The number of anilines is 1. The third-order valence-corrected chi connectivity index (χ3v) is 5.18. The summed E-state index contributed by atoms with van der Waals surface area (Å²) in [5, 5.41) is 3.27. The maximum absolute atomic E-state index is 13.0. The molecular formula is C27H22N2O5. The van der Waals surface area contributed by atoms with Crippen molar-refractivity contribution in [2.24, 2.45) is 0 Å². The van der Waals surface area contributed by atoms with E-state index in [1.54, 1.807) is 43.5 Å². The van der Waals surface area contributed by atoms with Crippen LogP contribution in [0.1, 0.15) is 27.6 Å². The van der Waals surface area contributed by atoms with Crippen molar-refractivity contribution in [3.63, 3.8) is 0 Å². The number of hydrogen-bond donors (Lipinski definition) is 1. The first-order valence-corrected chi connectivity index (χ1v) is 10.6. The van der Waals surface area contributed by atoms with Gasteiger partial charge in [-0.25, -0.2) is 9.78 Å². The zero-order chi connectivity index (χ0) is 24.1. The minimum Gasteiger partial charge on any atom is -0.497 e. The largest absolute Gasteiger partial charge is 0.497 e. The molecule has 170 valence electrons. The summed E-state index contributed by atoms with van der Waals surface area (Å²) in [6.45, 7) is 0.994. The number of fused-ring (bicyclic) bond motifs is 1. The molecule has 1 N–H and O–H groups in total. The van der Waals surface area contributed by atoms with Crippen LogP contribution in [0, 0.1) is 0 Å². The molecule has 1 heterocycles. The monoisotopic (exact) mass is 454 g/mol. The number of ether oxygens (including phenoxy) is 2. The lowest BCUT2D eigenvalue weighted by atomic mass is 10.0. The normalized spacial score (nSPS) is 10.5. The zero-order valence-electron chi connectivity index (χ0n) is 18.7. The van der Waals surface area contributed by atoms with Gasteiger partial charge >= 0.3 is 5.97 Å². The number of Topliss-reactive ketones (excluding diaryl/α,β-unsaturated/α-hetero) is 1. The highest BCUT2D eigenvalue weighted by atomic mass is 16.5. The van der Waals surface area contributed by atoms with Crippen molar-refractivity contribution in [2.45, 2.75) is 6.92 Å². The second-order valence-electron chi connectivity index (χ2n) is 7.56. The second-order valence-corrected chi connectivity index (χ2v) is 7.56. The molecule has 0 unspecified atom stereocenters. The predicted octanol–water partition coefficient (Wildman–Crippen LogP) is 4.91. The molecule has 0 bridgehead atoms. The second kappa shape index (κ2) is 9.95. The van der Waals surface area contributed by atoms with E-state index in [2.05, 4.69) is 10.3 Å². The van der Waals surface area contributed by atoms with E-state index < -0.39 is 12.6 Å². The van der Waals surface area contributed by atoms with Gasteiger partial charge in [0.25, 0.3) is 0 Å². The van der Waals surface area contributed by atoms with Crippen LogP contribution in [0.3, 0.4) is 0 Å². The summed E-state index contributed by atoms with van der Waals surface area (Å²) in [7, 11) is 1.59. The molecule has 0 aliphatic rings. The highest BCUT2D eigenvalue weighted by molar-refractivity contribution is 6.06. The topological polar surface area (TPSA) is 94.6 Å². The summed E-state index contributed by atoms with van der Waals surface area (Å²) in [4.78, 5) is 41.3. The minimum absolute atomic E-state index is 0.202. The first kappa shape index (κ1) is 22.7. The standard InChI is InChI=1S/C27H22N2O5/c1-17(30)28-20-11-7-19(8-12-20)26(31)16-34-27(32)23-15-25(18-9-13-21(33-2)14-10-18)29-24-6-4-3-5-22(23)24/h3-15H,16H2,1-2H3,(H,28,30). The van der Waals surface area contributed by atoms with E-state index in [1.165, 1.54) is 6.92 Å². The van der Waals surface area contributed by atoms with Gasteiger partial charge in [0.05, 0.1) is 23.9 Å². The number of esters is 1. The fourth-order valence-electron chi connectivity index (χ4n) is 3.49. The quantitative estimate of drug-likeness (QED) is 0.315. The van der Waals surface area contributed by atoms with Gasteiger partial charge in [-0.3, -0.25) is 9.59 Å². The van der Waals surface area contributed by atoms with Gasteiger partial charge in [0.2, 0.25) is 5.91 Å².